The molecule has 3 aliphatic rings. The summed E-state index contributed by atoms with van der Waals surface area (Å²) in [4.78, 5) is 0. The molecule has 0 N–H and O–H groups in total. The molecule has 0 nitrogen and oxygen atoms in total. The van der Waals surface area contributed by atoms with Crippen LogP contribution in [-0.2, 0) is 23.7 Å². The van der Waals surface area contributed by atoms with Crippen molar-refractivity contribution in [2.24, 2.45) is 0 Å². The minimum atomic E-state index is -0.0394. The van der Waals surface area contributed by atoms with E-state index < -0.39 is 0 Å². The van der Waals surface area contributed by atoms with Gasteiger partial charge in [-0.1, -0.05) is 159 Å². The Kier molecular flexibility index (Phi) is 5.80. The maximum Gasteiger partial charge on any atom is 0.0296 e. The molecule has 0 bridgehead atoms. The number of hydrogen-bond donors (Lipinski definition) is 0. The Morgan fingerprint density at radius 2 is 0.922 bits per heavy atom. The summed E-state index contributed by atoms with van der Waals surface area (Å²) in [7, 11) is 0. The molecule has 0 unspecified atom stereocenters. The smallest absolute Gasteiger partial charge is 0.0296 e. The van der Waals surface area contributed by atoms with Crippen LogP contribution in [0.4, 0.5) is 0 Å². The first-order chi connectivity index (χ1) is 24.9. The minimum Gasteiger partial charge on any atom is -0.0620 e. The summed E-state index contributed by atoms with van der Waals surface area (Å²) in [6.45, 7) is 6.96. The molecule has 0 radical (unpaired) electrons. The summed E-state index contributed by atoms with van der Waals surface area (Å²) in [6.07, 6.45) is 2.10. The highest BCUT2D eigenvalue weighted by molar-refractivity contribution is 6.21. The molecule has 8 aromatic carbocycles. The van der Waals surface area contributed by atoms with Gasteiger partial charge in [0.25, 0.3) is 0 Å². The van der Waals surface area contributed by atoms with Crippen LogP contribution in [0.3, 0.4) is 0 Å². The van der Waals surface area contributed by atoms with Gasteiger partial charge in [-0.2, -0.15) is 0 Å². The SMILES string of the molecule is Cc1ccc2c(-c3ccc4c(c3)C3(Cc5ccccc5C3)c3ccccc3-4)c3ccccc3c(-c3ccc4c(c3)-c3ccccc3C4(C)C)c2c1. The summed E-state index contributed by atoms with van der Waals surface area (Å²) in [6, 6.07) is 58.1. The summed E-state index contributed by atoms with van der Waals surface area (Å²) in [5, 5.41) is 5.25. The number of hydrogen-bond acceptors (Lipinski definition) is 0. The second-order valence-electron chi connectivity index (χ2n) is 15.8. The summed E-state index contributed by atoms with van der Waals surface area (Å²) < 4.78 is 0. The van der Waals surface area contributed by atoms with Crippen LogP contribution < -0.4 is 0 Å². The molecule has 242 valence electrons. The van der Waals surface area contributed by atoms with Crippen molar-refractivity contribution >= 4 is 21.5 Å². The van der Waals surface area contributed by atoms with Gasteiger partial charge in [-0.3, -0.25) is 0 Å². The minimum absolute atomic E-state index is 0.0136. The first-order valence-electron chi connectivity index (χ1n) is 18.4. The fourth-order valence-electron chi connectivity index (χ4n) is 10.4. The van der Waals surface area contributed by atoms with E-state index in [-0.39, 0.29) is 10.8 Å². The maximum atomic E-state index is 2.57. The third kappa shape index (κ3) is 3.86. The third-order valence-corrected chi connectivity index (χ3v) is 12.7. The largest absolute Gasteiger partial charge is 0.0620 e. The number of rotatable bonds is 2. The standard InChI is InChI=1S/C51H38/c1-31-20-23-41-43(26-31)49(32-22-25-45-42(27-32)37-15-8-10-18-44(37)50(45,2)3)40-17-7-6-16-39(40)48(41)33-21-24-38-36-14-9-11-19-46(36)51(47(38)28-33)29-34-12-4-5-13-35(34)30-51/h4-28H,29-30H2,1-3H3. The van der Waals surface area contributed by atoms with Crippen LogP contribution >= 0.6 is 0 Å². The van der Waals surface area contributed by atoms with Gasteiger partial charge < -0.3 is 0 Å². The number of aryl methyl sites for hydroxylation is 1. The molecule has 0 atom stereocenters. The Balaban J connectivity index is 1.17. The average molecular weight is 651 g/mol. The number of fused-ring (bicyclic) bond motifs is 11. The van der Waals surface area contributed by atoms with E-state index in [9.17, 15) is 0 Å². The average Bonchev–Trinajstić information content (AvgIpc) is 3.76. The first kappa shape index (κ1) is 29.1. The van der Waals surface area contributed by atoms with Crippen LogP contribution in [0.15, 0.2) is 152 Å². The molecule has 0 heteroatoms. The van der Waals surface area contributed by atoms with E-state index in [1.807, 2.05) is 0 Å². The van der Waals surface area contributed by atoms with E-state index >= 15 is 0 Å². The molecule has 11 rings (SSSR count). The molecule has 0 saturated carbocycles. The van der Waals surface area contributed by atoms with Gasteiger partial charge in [0.15, 0.2) is 0 Å². The van der Waals surface area contributed by atoms with Crippen molar-refractivity contribution in [2.75, 3.05) is 0 Å². The lowest BCUT2D eigenvalue weighted by atomic mass is 9.75. The van der Waals surface area contributed by atoms with Crippen LogP contribution in [0.5, 0.6) is 0 Å². The quantitative estimate of drug-likeness (QED) is 0.163. The Labute approximate surface area is 300 Å². The molecule has 51 heavy (non-hydrogen) atoms. The number of benzene rings is 8. The highest BCUT2D eigenvalue weighted by Crippen LogP contribution is 2.57. The predicted octanol–water partition coefficient (Wildman–Crippen LogP) is 13.0. The molecular weight excluding hydrogens is 613 g/mol. The van der Waals surface area contributed by atoms with E-state index in [1.54, 1.807) is 0 Å². The molecule has 0 aromatic heterocycles. The van der Waals surface area contributed by atoms with E-state index in [1.165, 1.54) is 105 Å². The lowest BCUT2D eigenvalue weighted by Gasteiger charge is -2.27. The first-order valence-corrected chi connectivity index (χ1v) is 18.4. The van der Waals surface area contributed by atoms with Crippen molar-refractivity contribution in [3.8, 4) is 44.5 Å². The van der Waals surface area contributed by atoms with Gasteiger partial charge >= 0.3 is 0 Å². The van der Waals surface area contributed by atoms with Gasteiger partial charge in [0.05, 0.1) is 0 Å². The van der Waals surface area contributed by atoms with Gasteiger partial charge in [-0.25, -0.2) is 0 Å². The normalized spacial score (nSPS) is 15.5. The Bertz CT molecular complexity index is 2770. The van der Waals surface area contributed by atoms with E-state index in [2.05, 4.69) is 172 Å². The van der Waals surface area contributed by atoms with Gasteiger partial charge in [0.2, 0.25) is 0 Å². The molecule has 0 saturated heterocycles. The van der Waals surface area contributed by atoms with Gasteiger partial charge in [-0.15, -0.1) is 0 Å². The van der Waals surface area contributed by atoms with Crippen LogP contribution in [0.2, 0.25) is 0 Å². The monoisotopic (exact) mass is 650 g/mol. The summed E-state index contributed by atoms with van der Waals surface area (Å²) in [5.41, 5.74) is 20.8. The zero-order valence-corrected chi connectivity index (χ0v) is 29.3. The summed E-state index contributed by atoms with van der Waals surface area (Å²) >= 11 is 0. The molecular formula is C51H38. The topological polar surface area (TPSA) is 0 Å². The predicted molar refractivity (Wildman–Crippen MR) is 215 cm³/mol. The second-order valence-corrected chi connectivity index (χ2v) is 15.8. The van der Waals surface area contributed by atoms with Crippen molar-refractivity contribution in [3.63, 3.8) is 0 Å². The van der Waals surface area contributed by atoms with Crippen molar-refractivity contribution in [2.45, 2.75) is 44.4 Å². The van der Waals surface area contributed by atoms with Crippen molar-refractivity contribution in [1.29, 1.82) is 0 Å². The molecule has 0 heterocycles. The van der Waals surface area contributed by atoms with Gasteiger partial charge in [-0.05, 0) is 131 Å². The highest BCUT2D eigenvalue weighted by Gasteiger charge is 2.47. The lowest BCUT2D eigenvalue weighted by molar-refractivity contribution is 0.564. The van der Waals surface area contributed by atoms with Crippen molar-refractivity contribution in [1.82, 2.24) is 0 Å². The van der Waals surface area contributed by atoms with E-state index in [0.29, 0.717) is 0 Å². The summed E-state index contributed by atoms with van der Waals surface area (Å²) in [5.74, 6) is 0. The van der Waals surface area contributed by atoms with Crippen LogP contribution in [-0.4, -0.2) is 0 Å². The lowest BCUT2D eigenvalue weighted by Crippen LogP contribution is -2.25. The Morgan fingerprint density at radius 3 is 1.67 bits per heavy atom. The molecule has 8 aromatic rings. The fourth-order valence-corrected chi connectivity index (χ4v) is 10.4. The zero-order chi connectivity index (χ0) is 34.1. The molecule has 1 spiro atoms. The van der Waals surface area contributed by atoms with E-state index in [4.69, 9.17) is 0 Å². The molecule has 0 amide bonds. The second kappa shape index (κ2) is 10.2. The van der Waals surface area contributed by atoms with Crippen LogP contribution in [0.25, 0.3) is 66.1 Å². The van der Waals surface area contributed by atoms with Crippen LogP contribution in [0, 0.1) is 6.92 Å². The molecule has 0 fully saturated rings. The highest BCUT2D eigenvalue weighted by atomic mass is 14.5. The van der Waals surface area contributed by atoms with Gasteiger partial charge in [0, 0.05) is 10.8 Å². The maximum absolute atomic E-state index is 2.57. The Morgan fingerprint density at radius 1 is 0.392 bits per heavy atom. The van der Waals surface area contributed by atoms with Crippen molar-refractivity contribution in [3.05, 3.63) is 191 Å². The van der Waals surface area contributed by atoms with Crippen LogP contribution in [0.1, 0.15) is 52.8 Å². The zero-order valence-electron chi connectivity index (χ0n) is 29.3. The third-order valence-electron chi connectivity index (χ3n) is 12.7. The van der Waals surface area contributed by atoms with E-state index in [0.717, 1.165) is 12.8 Å². The molecule has 3 aliphatic carbocycles. The fraction of sp³-hybridized carbons (Fsp3) is 0.137. The van der Waals surface area contributed by atoms with Gasteiger partial charge in [0.1, 0.15) is 0 Å². The Hall–Kier alpha value is -5.72. The van der Waals surface area contributed by atoms with Crippen molar-refractivity contribution < 1.29 is 0 Å². The molecule has 0 aliphatic heterocycles.